The Bertz CT molecular complexity index is 2110. The number of carbonyl (C=O) groups excluding carboxylic acids is 10. The van der Waals surface area contributed by atoms with Gasteiger partial charge in [-0.05, 0) is 72.0 Å². The van der Waals surface area contributed by atoms with E-state index in [9.17, 15) is 88.5 Å². The summed E-state index contributed by atoms with van der Waals surface area (Å²) >= 11 is 5.98. The van der Waals surface area contributed by atoms with Crippen LogP contribution >= 0.6 is 11.6 Å². The number of hydrogen-bond acceptors (Lipinski definition) is 20. The molecule has 0 aromatic heterocycles. The van der Waals surface area contributed by atoms with E-state index >= 15 is 0 Å². The van der Waals surface area contributed by atoms with Gasteiger partial charge in [0.25, 0.3) is 11.8 Å². The minimum absolute atomic E-state index is 0.00941. The average molecular weight is 1180 g/mol. The Morgan fingerprint density at radius 3 is 1.54 bits per heavy atom. The molecule has 1 unspecified atom stereocenters. The van der Waals surface area contributed by atoms with Crippen LogP contribution in [0.1, 0.15) is 124 Å². The first-order valence-corrected chi connectivity index (χ1v) is 27.8. The van der Waals surface area contributed by atoms with Crippen LogP contribution in [0.2, 0.25) is 0 Å². The first-order chi connectivity index (χ1) is 38.4. The number of aliphatic hydroxyl groups is 6. The minimum Gasteiger partial charge on any atom is -0.479 e. The zero-order valence-corrected chi connectivity index (χ0v) is 47.0. The average Bonchev–Trinajstić information content (AvgIpc) is 3.43. The van der Waals surface area contributed by atoms with Gasteiger partial charge < -0.3 is 95.5 Å². The van der Waals surface area contributed by atoms with Crippen LogP contribution in [0.3, 0.4) is 0 Å². The predicted octanol–water partition coefficient (Wildman–Crippen LogP) is -5.95. The first kappa shape index (κ1) is 73.1. The van der Waals surface area contributed by atoms with Crippen molar-refractivity contribution >= 4 is 76.6 Å². The number of rotatable bonds is 27. The van der Waals surface area contributed by atoms with Gasteiger partial charge in [-0.3, -0.25) is 52.8 Å². The summed E-state index contributed by atoms with van der Waals surface area (Å²) in [6, 6.07) is -16.1. The second-order valence-electron chi connectivity index (χ2n) is 19.5. The van der Waals surface area contributed by atoms with Gasteiger partial charge >= 0.3 is 5.97 Å². The molecule has 0 aromatic carbocycles. The zero-order valence-electron chi connectivity index (χ0n) is 46.2. The van der Waals surface area contributed by atoms with Crippen LogP contribution in [0.15, 0.2) is 11.8 Å². The highest BCUT2D eigenvalue weighted by Crippen LogP contribution is 2.17. The number of alkyl halides is 1. The maximum atomic E-state index is 14.7. The third-order valence-electron chi connectivity index (χ3n) is 13.0. The maximum absolute atomic E-state index is 14.7. The molecule has 1 heterocycles. The highest BCUT2D eigenvalue weighted by Gasteiger charge is 2.45. The Labute approximate surface area is 475 Å². The molecule has 1 saturated heterocycles. The SMILES string of the molecule is C/C=C1\NC(=O)[C@H]([C@H](C)O)NC(=O)[C@H](CCCN)NC(=O)[C@@H](CCO)NC(=O)[C@H](CCN)NC(=O)[C@@H](CCN)NC(=O)[C@H]([C@H](O)C(=O)O)NC(=O)[C@H](CO)N(C(=O)CC(O)CCCCCCCCCCC)C(=O)[C@H]([C@H](O)CCl)NC1=O. The highest BCUT2D eigenvalue weighted by molar-refractivity contribution is 6.18. The van der Waals surface area contributed by atoms with Gasteiger partial charge in [0.05, 0.1) is 37.2 Å². The molecule has 31 heteroatoms. The Morgan fingerprint density at radius 1 is 0.605 bits per heavy atom. The van der Waals surface area contributed by atoms with Gasteiger partial charge in [-0.2, -0.15) is 0 Å². The first-order valence-electron chi connectivity index (χ1n) is 27.2. The van der Waals surface area contributed by atoms with Crippen molar-refractivity contribution in [2.45, 2.75) is 196 Å². The smallest absolute Gasteiger partial charge is 0.335 e. The summed E-state index contributed by atoms with van der Waals surface area (Å²) in [4.78, 5) is 153. The van der Waals surface area contributed by atoms with Crippen LogP contribution in [0, 0.1) is 0 Å². The number of nitrogens with one attached hydrogen (secondary N) is 8. The Balaban J connectivity index is 4.17. The summed E-state index contributed by atoms with van der Waals surface area (Å²) in [5, 5.41) is 92.0. The van der Waals surface area contributed by atoms with Gasteiger partial charge in [-0.25, -0.2) is 4.79 Å². The largest absolute Gasteiger partial charge is 0.479 e. The van der Waals surface area contributed by atoms with E-state index in [-0.39, 0.29) is 50.2 Å². The van der Waals surface area contributed by atoms with Gasteiger partial charge in [-0.15, -0.1) is 11.6 Å². The van der Waals surface area contributed by atoms with Gasteiger partial charge in [-0.1, -0.05) is 70.8 Å². The highest BCUT2D eigenvalue weighted by atomic mass is 35.5. The molecule has 462 valence electrons. The van der Waals surface area contributed by atoms with E-state index in [0.717, 1.165) is 57.9 Å². The topological polar surface area (TPSA) is 507 Å². The quantitative estimate of drug-likeness (QED) is 0.0207. The fourth-order valence-electron chi connectivity index (χ4n) is 8.35. The van der Waals surface area contributed by atoms with Crippen LogP contribution in [0.25, 0.3) is 0 Å². The third-order valence-corrected chi connectivity index (χ3v) is 13.3. The third kappa shape index (κ3) is 25.0. The van der Waals surface area contributed by atoms with E-state index in [4.69, 9.17) is 28.8 Å². The normalized spacial score (nSPS) is 24.9. The molecule has 0 spiro atoms. The van der Waals surface area contributed by atoms with Gasteiger partial charge in [0.1, 0.15) is 54.0 Å². The summed E-state index contributed by atoms with van der Waals surface area (Å²) in [7, 11) is 0. The van der Waals surface area contributed by atoms with E-state index in [2.05, 4.69) is 44.1 Å². The fourth-order valence-corrected chi connectivity index (χ4v) is 8.53. The summed E-state index contributed by atoms with van der Waals surface area (Å²) < 4.78 is 0. The number of unbranched alkanes of at least 4 members (excludes halogenated alkanes) is 8. The molecule has 12 atom stereocenters. The van der Waals surface area contributed by atoms with Crippen molar-refractivity contribution in [3.05, 3.63) is 11.8 Å². The Morgan fingerprint density at radius 2 is 1.09 bits per heavy atom. The van der Waals surface area contributed by atoms with E-state index in [1.165, 1.54) is 6.92 Å². The van der Waals surface area contributed by atoms with E-state index in [0.29, 0.717) is 12.8 Å². The van der Waals surface area contributed by atoms with Crippen molar-refractivity contribution in [2.24, 2.45) is 17.2 Å². The summed E-state index contributed by atoms with van der Waals surface area (Å²) in [5.74, 6) is -16.7. The van der Waals surface area contributed by atoms with E-state index in [1.54, 1.807) is 0 Å². The molecule has 0 aliphatic carbocycles. The fraction of sp³-hybridized carbons (Fsp3) is 0.740. The van der Waals surface area contributed by atoms with Gasteiger partial charge in [0.2, 0.25) is 47.3 Å². The second-order valence-corrected chi connectivity index (χ2v) is 19.8. The van der Waals surface area contributed by atoms with Crippen LogP contribution in [-0.2, 0) is 52.7 Å². The number of carbonyl (C=O) groups is 11. The molecular formula is C50H87ClN12O18. The summed E-state index contributed by atoms with van der Waals surface area (Å²) in [6.07, 6.45) is -1.67. The molecule has 1 rings (SSSR count). The Kier molecular flexibility index (Phi) is 35.6. The van der Waals surface area contributed by atoms with Crippen LogP contribution in [0.5, 0.6) is 0 Å². The molecule has 1 aliphatic heterocycles. The molecule has 1 fully saturated rings. The molecular weight excluding hydrogens is 1090 g/mol. The lowest BCUT2D eigenvalue weighted by molar-refractivity contribution is -0.159. The van der Waals surface area contributed by atoms with Crippen LogP contribution in [0.4, 0.5) is 0 Å². The molecule has 21 N–H and O–H groups in total. The number of allylic oxidation sites excluding steroid dienone is 1. The lowest BCUT2D eigenvalue weighted by atomic mass is 10.0. The number of nitrogens with zero attached hydrogens (tertiary/aromatic N) is 1. The number of nitrogens with two attached hydrogens (primary N) is 3. The van der Waals surface area contributed by atoms with Crippen LogP contribution < -0.4 is 59.7 Å². The molecule has 0 aromatic rings. The number of halogens is 1. The lowest BCUT2D eigenvalue weighted by Gasteiger charge is -2.34. The van der Waals surface area contributed by atoms with Crippen molar-refractivity contribution in [1.29, 1.82) is 0 Å². The number of amides is 10. The molecule has 10 amide bonds. The molecule has 1 aliphatic rings. The number of imide groups is 1. The van der Waals surface area contributed by atoms with E-state index in [1.807, 2.05) is 5.32 Å². The lowest BCUT2D eigenvalue weighted by Crippen LogP contribution is -2.65. The van der Waals surface area contributed by atoms with Crippen molar-refractivity contribution in [3.63, 3.8) is 0 Å². The second kappa shape index (κ2) is 39.5. The molecule has 0 saturated carbocycles. The molecule has 30 nitrogen and oxygen atoms in total. The van der Waals surface area contributed by atoms with Crippen molar-refractivity contribution in [2.75, 3.05) is 38.7 Å². The number of carboxylic acid groups (broad SMARTS) is 1. The number of aliphatic carboxylic acids is 1. The summed E-state index contributed by atoms with van der Waals surface area (Å²) in [6.45, 7) is 1.40. The van der Waals surface area contributed by atoms with Gasteiger partial charge in [0, 0.05) is 6.61 Å². The molecule has 0 bridgehead atoms. The van der Waals surface area contributed by atoms with Gasteiger partial charge in [0.15, 0.2) is 6.10 Å². The van der Waals surface area contributed by atoms with Crippen molar-refractivity contribution in [1.82, 2.24) is 47.4 Å². The predicted molar refractivity (Wildman–Crippen MR) is 290 cm³/mol. The van der Waals surface area contributed by atoms with E-state index < -0.39 is 182 Å². The van der Waals surface area contributed by atoms with Crippen molar-refractivity contribution in [3.8, 4) is 0 Å². The molecule has 0 radical (unpaired) electrons. The Hall–Kier alpha value is -5.96. The standard InChI is InChI=1S/C50H87ClN12O18/c1-4-6-7-8-9-10-11-12-13-15-28(67)24-36(69)63-34(26-65)46(76)62-39(40(70)50(80)81)48(78)59-32(18-22-54)43(73)57-31(17-21-53)42(72)58-33(19-23-64)44(74)56-30(16-14-20-52)45(75)60-37(27(3)66)47(77)55-29(5-2)41(71)61-38(49(63)79)35(68)25-51/h5,27-28,30-35,37-40,64-68,70H,4,6-26,52-54H2,1-3H3,(H,55,77)(H,56,74)(H,57,73)(H,58,72)(H,59,78)(H,60,75)(H,61,71)(H,62,76)(H,80,81)/b29-5-/t27-,28?,30-,31-,32+,33+,34-,35+,37-,38-,39-,40-/m0/s1. The van der Waals surface area contributed by atoms with Crippen molar-refractivity contribution < 1.29 is 88.5 Å². The minimum atomic E-state index is -2.89. The molecule has 81 heavy (non-hydrogen) atoms. The summed E-state index contributed by atoms with van der Waals surface area (Å²) in [5.41, 5.74) is 16.4. The zero-order chi connectivity index (χ0) is 61.4. The number of aliphatic hydroxyl groups excluding tert-OH is 6. The maximum Gasteiger partial charge on any atom is 0.335 e. The number of carboxylic acids is 1. The number of hydrogen-bond donors (Lipinski definition) is 18. The monoisotopic (exact) mass is 1180 g/mol. The van der Waals surface area contributed by atoms with Crippen LogP contribution in [-0.4, -0.2) is 217 Å².